The standard InChI is InChI=1S/C25H29N5O3/c1-29-17-20(16-28-29)19-7-9-21(10-8-19)30(22-11-13-23(14-12-22)33-24(26)31)25(32)27-15-18-5-3-2-4-6-18/h2-10,16-17,22-23H,11-15H2,1H3,(H2,26,31)(H,27,32)/t22-,23-. The fraction of sp³-hybridized carbons (Fsp3) is 0.320. The first-order chi connectivity index (χ1) is 16.0. The van der Waals surface area contributed by atoms with Crippen molar-refractivity contribution in [1.82, 2.24) is 15.1 Å². The highest BCUT2D eigenvalue weighted by Crippen LogP contribution is 2.30. The van der Waals surface area contributed by atoms with Crippen molar-refractivity contribution in [2.24, 2.45) is 12.8 Å². The van der Waals surface area contributed by atoms with E-state index in [0.29, 0.717) is 19.4 Å². The van der Waals surface area contributed by atoms with Gasteiger partial charge in [-0.2, -0.15) is 5.10 Å². The molecule has 1 aliphatic rings. The van der Waals surface area contributed by atoms with Crippen LogP contribution in [-0.2, 0) is 18.3 Å². The Hall–Kier alpha value is -3.81. The number of carbonyl (C=O) groups is 2. The fourth-order valence-corrected chi connectivity index (χ4v) is 4.32. The zero-order valence-electron chi connectivity index (χ0n) is 18.7. The number of rotatable bonds is 6. The summed E-state index contributed by atoms with van der Waals surface area (Å²) in [6.07, 6.45) is 5.62. The Kier molecular flexibility index (Phi) is 6.92. The number of ether oxygens (including phenoxy) is 1. The molecule has 0 atom stereocenters. The van der Waals surface area contributed by atoms with Crippen molar-refractivity contribution in [2.45, 2.75) is 44.4 Å². The van der Waals surface area contributed by atoms with E-state index in [2.05, 4.69) is 10.4 Å². The van der Waals surface area contributed by atoms with Crippen LogP contribution in [-0.4, -0.2) is 34.1 Å². The molecule has 33 heavy (non-hydrogen) atoms. The Morgan fingerprint density at radius 1 is 1.06 bits per heavy atom. The van der Waals surface area contributed by atoms with Crippen molar-refractivity contribution >= 4 is 17.8 Å². The molecule has 3 N–H and O–H groups in total. The number of aromatic nitrogens is 2. The van der Waals surface area contributed by atoms with Crippen molar-refractivity contribution in [3.8, 4) is 11.1 Å². The highest BCUT2D eigenvalue weighted by Gasteiger charge is 2.31. The minimum absolute atomic E-state index is 0.00209. The molecule has 0 unspecified atom stereocenters. The molecule has 3 aromatic rings. The molecule has 1 aromatic heterocycles. The minimum Gasteiger partial charge on any atom is -0.446 e. The van der Waals surface area contributed by atoms with Crippen LogP contribution in [0.25, 0.3) is 11.1 Å². The monoisotopic (exact) mass is 447 g/mol. The van der Waals surface area contributed by atoms with Gasteiger partial charge in [-0.25, -0.2) is 9.59 Å². The van der Waals surface area contributed by atoms with Gasteiger partial charge >= 0.3 is 12.1 Å². The molecule has 1 aliphatic carbocycles. The number of nitrogens with one attached hydrogen (secondary N) is 1. The molecule has 1 saturated carbocycles. The van der Waals surface area contributed by atoms with Crippen LogP contribution in [0.3, 0.4) is 0 Å². The van der Waals surface area contributed by atoms with Gasteiger partial charge in [-0.1, -0.05) is 42.5 Å². The van der Waals surface area contributed by atoms with E-state index < -0.39 is 6.09 Å². The first-order valence-corrected chi connectivity index (χ1v) is 11.2. The maximum absolute atomic E-state index is 13.3. The molecule has 0 saturated heterocycles. The quantitative estimate of drug-likeness (QED) is 0.591. The van der Waals surface area contributed by atoms with Gasteiger partial charge in [-0.15, -0.1) is 0 Å². The third-order valence-corrected chi connectivity index (χ3v) is 5.98. The Labute approximate surface area is 193 Å². The first kappa shape index (κ1) is 22.4. The number of amides is 3. The van der Waals surface area contributed by atoms with Gasteiger partial charge in [-0.05, 0) is 48.9 Å². The summed E-state index contributed by atoms with van der Waals surface area (Å²) in [5.41, 5.74) is 9.10. The van der Waals surface area contributed by atoms with Gasteiger partial charge < -0.3 is 15.8 Å². The molecular weight excluding hydrogens is 418 g/mol. The summed E-state index contributed by atoms with van der Waals surface area (Å²) in [5, 5.41) is 7.29. The Morgan fingerprint density at radius 3 is 2.36 bits per heavy atom. The third-order valence-electron chi connectivity index (χ3n) is 5.98. The lowest BCUT2D eigenvalue weighted by Crippen LogP contribution is -2.48. The number of hydrogen-bond donors (Lipinski definition) is 2. The molecule has 8 heteroatoms. The average molecular weight is 448 g/mol. The van der Waals surface area contributed by atoms with Gasteiger partial charge in [-0.3, -0.25) is 9.58 Å². The Balaban J connectivity index is 1.52. The molecule has 0 aliphatic heterocycles. The van der Waals surface area contributed by atoms with Crippen molar-refractivity contribution in [1.29, 1.82) is 0 Å². The Bertz CT molecular complexity index is 1070. The summed E-state index contributed by atoms with van der Waals surface area (Å²) in [5.74, 6) is 0. The number of aryl methyl sites for hydroxylation is 1. The van der Waals surface area contributed by atoms with E-state index in [9.17, 15) is 9.59 Å². The second kappa shape index (κ2) is 10.2. The highest BCUT2D eigenvalue weighted by atomic mass is 16.6. The number of benzene rings is 2. The summed E-state index contributed by atoms with van der Waals surface area (Å²) in [6, 6.07) is 17.6. The molecule has 172 valence electrons. The number of anilines is 1. The zero-order chi connectivity index (χ0) is 23.2. The molecule has 1 heterocycles. The molecule has 1 fully saturated rings. The van der Waals surface area contributed by atoms with Crippen molar-refractivity contribution in [3.05, 3.63) is 72.6 Å². The SMILES string of the molecule is Cn1cc(-c2ccc(N(C(=O)NCc3ccccc3)[C@H]3CC[C@H](OC(N)=O)CC3)cc2)cn1. The summed E-state index contributed by atoms with van der Waals surface area (Å²) < 4.78 is 6.93. The van der Waals surface area contributed by atoms with Gasteiger partial charge in [0, 0.05) is 37.1 Å². The van der Waals surface area contributed by atoms with Crippen LogP contribution in [0.2, 0.25) is 0 Å². The molecule has 0 bridgehead atoms. The van der Waals surface area contributed by atoms with E-state index in [1.807, 2.05) is 78.9 Å². The molecular formula is C25H29N5O3. The summed E-state index contributed by atoms with van der Waals surface area (Å²) in [6.45, 7) is 0.448. The average Bonchev–Trinajstić information content (AvgIpc) is 3.26. The maximum Gasteiger partial charge on any atom is 0.404 e. The highest BCUT2D eigenvalue weighted by molar-refractivity contribution is 5.93. The van der Waals surface area contributed by atoms with Crippen molar-refractivity contribution in [3.63, 3.8) is 0 Å². The number of primary amides is 1. The van der Waals surface area contributed by atoms with Gasteiger partial charge in [0.15, 0.2) is 0 Å². The lowest BCUT2D eigenvalue weighted by Gasteiger charge is -2.36. The predicted octanol–water partition coefficient (Wildman–Crippen LogP) is 4.21. The van der Waals surface area contributed by atoms with Crippen molar-refractivity contribution < 1.29 is 14.3 Å². The first-order valence-electron chi connectivity index (χ1n) is 11.2. The van der Waals surface area contributed by atoms with Crippen LogP contribution in [0.4, 0.5) is 15.3 Å². The maximum atomic E-state index is 13.3. The summed E-state index contributed by atoms with van der Waals surface area (Å²) >= 11 is 0. The summed E-state index contributed by atoms with van der Waals surface area (Å²) in [4.78, 5) is 26.3. The van der Waals surface area contributed by atoms with E-state index >= 15 is 0 Å². The van der Waals surface area contributed by atoms with Gasteiger partial charge in [0.1, 0.15) is 6.10 Å². The number of nitrogens with two attached hydrogens (primary N) is 1. The van der Waals surface area contributed by atoms with Crippen LogP contribution in [0.5, 0.6) is 0 Å². The lowest BCUT2D eigenvalue weighted by atomic mass is 9.91. The van der Waals surface area contributed by atoms with Crippen LogP contribution in [0, 0.1) is 0 Å². The Morgan fingerprint density at radius 2 is 1.76 bits per heavy atom. The number of carbonyl (C=O) groups excluding carboxylic acids is 2. The number of urea groups is 1. The van der Waals surface area contributed by atoms with Crippen LogP contribution >= 0.6 is 0 Å². The topological polar surface area (TPSA) is 102 Å². The third kappa shape index (κ3) is 5.71. The normalized spacial score (nSPS) is 17.8. The van der Waals surface area contributed by atoms with Gasteiger partial charge in [0.05, 0.1) is 6.20 Å². The van der Waals surface area contributed by atoms with E-state index in [-0.39, 0.29) is 18.2 Å². The van der Waals surface area contributed by atoms with Gasteiger partial charge in [0.2, 0.25) is 0 Å². The molecule has 4 rings (SSSR count). The molecule has 0 spiro atoms. The second-order valence-electron chi connectivity index (χ2n) is 8.33. The number of hydrogen-bond acceptors (Lipinski definition) is 4. The minimum atomic E-state index is -0.748. The van der Waals surface area contributed by atoms with Crippen LogP contribution in [0.1, 0.15) is 31.2 Å². The van der Waals surface area contributed by atoms with Gasteiger partial charge in [0.25, 0.3) is 0 Å². The molecule has 2 aromatic carbocycles. The van der Waals surface area contributed by atoms with Crippen LogP contribution in [0.15, 0.2) is 67.0 Å². The smallest absolute Gasteiger partial charge is 0.404 e. The van der Waals surface area contributed by atoms with E-state index in [4.69, 9.17) is 10.5 Å². The lowest BCUT2D eigenvalue weighted by molar-refractivity contribution is 0.0787. The van der Waals surface area contributed by atoms with E-state index in [1.54, 1.807) is 4.68 Å². The molecule has 0 radical (unpaired) electrons. The van der Waals surface area contributed by atoms with E-state index in [1.165, 1.54) is 0 Å². The van der Waals surface area contributed by atoms with E-state index in [0.717, 1.165) is 35.2 Å². The summed E-state index contributed by atoms with van der Waals surface area (Å²) in [7, 11) is 1.88. The van der Waals surface area contributed by atoms with Crippen molar-refractivity contribution in [2.75, 3.05) is 4.90 Å². The fourth-order valence-electron chi connectivity index (χ4n) is 4.32. The predicted molar refractivity (Wildman–Crippen MR) is 127 cm³/mol. The molecule has 8 nitrogen and oxygen atoms in total. The van der Waals surface area contributed by atoms with Crippen LogP contribution < -0.4 is 16.0 Å². The largest absolute Gasteiger partial charge is 0.446 e. The second-order valence-corrected chi connectivity index (χ2v) is 8.33. The zero-order valence-corrected chi connectivity index (χ0v) is 18.7. The molecule has 3 amide bonds. The number of nitrogens with zero attached hydrogens (tertiary/aromatic N) is 3.